The van der Waals surface area contributed by atoms with E-state index in [9.17, 15) is 13.2 Å². The lowest BCUT2D eigenvalue weighted by Gasteiger charge is -2.11. The Kier molecular flexibility index (Phi) is 5.83. The minimum absolute atomic E-state index is 0.133. The Balaban J connectivity index is 2.20. The van der Waals surface area contributed by atoms with Crippen LogP contribution < -0.4 is 0 Å². The Morgan fingerprint density at radius 3 is 2.21 bits per heavy atom. The fourth-order valence-electron chi connectivity index (χ4n) is 1.90. The summed E-state index contributed by atoms with van der Waals surface area (Å²) < 4.78 is 25.1. The Labute approximate surface area is 151 Å². The van der Waals surface area contributed by atoms with Crippen LogP contribution in [0.25, 0.3) is 6.08 Å². The van der Waals surface area contributed by atoms with Crippen molar-refractivity contribution in [1.29, 1.82) is 0 Å². The van der Waals surface area contributed by atoms with Crippen LogP contribution in [0.1, 0.15) is 15.9 Å². The fourth-order valence-corrected chi connectivity index (χ4v) is 3.27. The number of hydrogen-bond acceptors (Lipinski definition) is 3. The van der Waals surface area contributed by atoms with Gasteiger partial charge in [-0.25, -0.2) is 12.7 Å². The van der Waals surface area contributed by atoms with Gasteiger partial charge in [0.25, 0.3) is 0 Å². The summed E-state index contributed by atoms with van der Waals surface area (Å²) in [5.41, 5.74) is 1.05. The Morgan fingerprint density at radius 1 is 1.04 bits per heavy atom. The number of hydrogen-bond donors (Lipinski definition) is 0. The molecule has 0 aliphatic carbocycles. The molecule has 0 aromatic heterocycles. The molecule has 0 saturated carbocycles. The van der Waals surface area contributed by atoms with Crippen molar-refractivity contribution in [3.05, 3.63) is 69.7 Å². The first kappa shape index (κ1) is 18.7. The third kappa shape index (κ3) is 4.24. The van der Waals surface area contributed by atoms with Crippen molar-refractivity contribution >= 4 is 45.1 Å². The average Bonchev–Trinajstić information content (AvgIpc) is 2.53. The quantitative estimate of drug-likeness (QED) is 0.575. The van der Waals surface area contributed by atoms with Crippen molar-refractivity contribution in [2.45, 2.75) is 4.90 Å². The zero-order chi connectivity index (χ0) is 17.9. The van der Waals surface area contributed by atoms with E-state index in [0.29, 0.717) is 21.2 Å². The molecule has 0 spiro atoms. The molecule has 0 bridgehead atoms. The van der Waals surface area contributed by atoms with Crippen molar-refractivity contribution in [3.63, 3.8) is 0 Å². The van der Waals surface area contributed by atoms with Crippen LogP contribution in [0, 0.1) is 0 Å². The number of carbonyl (C=O) groups is 1. The molecule has 0 atom stereocenters. The van der Waals surface area contributed by atoms with Gasteiger partial charge in [-0.1, -0.05) is 29.3 Å². The molecular weight excluding hydrogens is 369 g/mol. The average molecular weight is 384 g/mol. The van der Waals surface area contributed by atoms with Crippen molar-refractivity contribution in [3.8, 4) is 0 Å². The molecular formula is C17H15Cl2NO3S. The lowest BCUT2D eigenvalue weighted by Crippen LogP contribution is -2.22. The summed E-state index contributed by atoms with van der Waals surface area (Å²) in [5, 5.41) is 0.958. The number of sulfonamides is 1. The molecule has 4 nitrogen and oxygen atoms in total. The van der Waals surface area contributed by atoms with E-state index in [2.05, 4.69) is 0 Å². The molecule has 126 valence electrons. The van der Waals surface area contributed by atoms with Gasteiger partial charge in [0.1, 0.15) is 0 Å². The maximum absolute atomic E-state index is 12.2. The van der Waals surface area contributed by atoms with Crippen molar-refractivity contribution < 1.29 is 13.2 Å². The van der Waals surface area contributed by atoms with E-state index < -0.39 is 10.0 Å². The smallest absolute Gasteiger partial charge is 0.242 e. The summed E-state index contributed by atoms with van der Waals surface area (Å²) in [7, 11) is -0.607. The van der Waals surface area contributed by atoms with Crippen LogP contribution in [-0.4, -0.2) is 32.6 Å². The van der Waals surface area contributed by atoms with Gasteiger partial charge in [-0.15, -0.1) is 0 Å². The molecule has 0 radical (unpaired) electrons. The summed E-state index contributed by atoms with van der Waals surface area (Å²) >= 11 is 11.9. The predicted molar refractivity (Wildman–Crippen MR) is 97.1 cm³/mol. The van der Waals surface area contributed by atoms with Crippen LogP contribution in [0.15, 0.2) is 53.4 Å². The molecule has 0 heterocycles. The summed E-state index contributed by atoms with van der Waals surface area (Å²) in [5.74, 6) is -0.255. The number of allylic oxidation sites excluding steroid dienone is 1. The maximum Gasteiger partial charge on any atom is 0.242 e. The zero-order valence-corrected chi connectivity index (χ0v) is 15.4. The van der Waals surface area contributed by atoms with Gasteiger partial charge in [-0.2, -0.15) is 0 Å². The lowest BCUT2D eigenvalue weighted by molar-refractivity contribution is 0.104. The molecule has 24 heavy (non-hydrogen) atoms. The van der Waals surface area contributed by atoms with E-state index in [1.807, 2.05) is 0 Å². The van der Waals surface area contributed by atoms with Gasteiger partial charge in [-0.3, -0.25) is 4.79 Å². The normalized spacial score (nSPS) is 12.0. The summed E-state index contributed by atoms with van der Waals surface area (Å²) in [4.78, 5) is 12.3. The number of carbonyl (C=O) groups excluding carboxylic acids is 1. The summed E-state index contributed by atoms with van der Waals surface area (Å²) in [6, 6.07) is 10.8. The molecule has 0 N–H and O–H groups in total. The first-order valence-corrected chi connectivity index (χ1v) is 9.11. The van der Waals surface area contributed by atoms with E-state index in [0.717, 1.165) is 4.31 Å². The van der Waals surface area contributed by atoms with Crippen LogP contribution in [0.3, 0.4) is 0 Å². The molecule has 2 aromatic carbocycles. The first-order valence-electron chi connectivity index (χ1n) is 6.92. The third-order valence-electron chi connectivity index (χ3n) is 3.29. The summed E-state index contributed by atoms with van der Waals surface area (Å²) in [6.45, 7) is 0. The van der Waals surface area contributed by atoms with Gasteiger partial charge in [0.2, 0.25) is 10.0 Å². The molecule has 2 rings (SSSR count). The molecule has 2 aromatic rings. The third-order valence-corrected chi connectivity index (χ3v) is 5.69. The molecule has 0 aliphatic heterocycles. The van der Waals surface area contributed by atoms with Crippen LogP contribution in [0.4, 0.5) is 0 Å². The summed E-state index contributed by atoms with van der Waals surface area (Å²) in [6.07, 6.45) is 2.97. The predicted octanol–water partition coefficient (Wildman–Crippen LogP) is 4.14. The van der Waals surface area contributed by atoms with Crippen LogP contribution >= 0.6 is 23.2 Å². The maximum atomic E-state index is 12.2. The largest absolute Gasteiger partial charge is 0.289 e. The number of benzene rings is 2. The molecule has 0 fully saturated rings. The van der Waals surface area contributed by atoms with Gasteiger partial charge < -0.3 is 0 Å². The van der Waals surface area contributed by atoms with Crippen molar-refractivity contribution in [1.82, 2.24) is 4.31 Å². The van der Waals surface area contributed by atoms with Crippen molar-refractivity contribution in [2.24, 2.45) is 0 Å². The minimum Gasteiger partial charge on any atom is -0.289 e. The molecule has 7 heteroatoms. The second-order valence-electron chi connectivity index (χ2n) is 5.18. The second kappa shape index (κ2) is 7.49. The lowest BCUT2D eigenvalue weighted by atomic mass is 10.1. The van der Waals surface area contributed by atoms with Gasteiger partial charge in [0.05, 0.1) is 4.90 Å². The Hall–Kier alpha value is -1.66. The topological polar surface area (TPSA) is 54.5 Å². The zero-order valence-electron chi connectivity index (χ0n) is 13.0. The van der Waals surface area contributed by atoms with Crippen LogP contribution in [0.2, 0.25) is 10.0 Å². The number of nitrogens with zero attached hydrogens (tertiary/aromatic N) is 1. The van der Waals surface area contributed by atoms with Gasteiger partial charge in [0, 0.05) is 29.7 Å². The SMILES string of the molecule is CN(C)S(=O)(=O)c1ccc(C(=O)C=Cc2ccc(Cl)cc2Cl)cc1. The molecule has 0 amide bonds. The van der Waals surface area contributed by atoms with Crippen LogP contribution in [0.5, 0.6) is 0 Å². The van der Waals surface area contributed by atoms with Gasteiger partial charge in [-0.05, 0) is 54.1 Å². The molecule has 0 aliphatic rings. The second-order valence-corrected chi connectivity index (χ2v) is 8.17. The number of halogens is 2. The van der Waals surface area contributed by atoms with E-state index in [1.54, 1.807) is 24.3 Å². The number of ketones is 1. The first-order chi connectivity index (χ1) is 11.2. The fraction of sp³-hybridized carbons (Fsp3) is 0.118. The highest BCUT2D eigenvalue weighted by Gasteiger charge is 2.17. The van der Waals surface area contributed by atoms with Gasteiger partial charge in [0.15, 0.2) is 5.78 Å². The Bertz CT molecular complexity index is 889. The van der Waals surface area contributed by atoms with E-state index in [1.165, 1.54) is 44.4 Å². The van der Waals surface area contributed by atoms with E-state index in [-0.39, 0.29) is 10.7 Å². The van der Waals surface area contributed by atoms with Gasteiger partial charge >= 0.3 is 0 Å². The number of rotatable bonds is 5. The minimum atomic E-state index is -3.51. The van der Waals surface area contributed by atoms with Crippen molar-refractivity contribution in [2.75, 3.05) is 14.1 Å². The molecule has 0 unspecified atom stereocenters. The van der Waals surface area contributed by atoms with E-state index in [4.69, 9.17) is 23.2 Å². The molecule has 0 saturated heterocycles. The highest BCUT2D eigenvalue weighted by molar-refractivity contribution is 7.89. The Morgan fingerprint density at radius 2 is 1.67 bits per heavy atom. The highest BCUT2D eigenvalue weighted by atomic mass is 35.5. The monoisotopic (exact) mass is 383 g/mol. The standard InChI is InChI=1S/C17H15Cl2NO3S/c1-20(2)24(22,23)15-8-4-13(5-9-15)17(21)10-6-12-3-7-14(18)11-16(12)19/h3-11H,1-2H3. The highest BCUT2D eigenvalue weighted by Crippen LogP contribution is 2.22. The van der Waals surface area contributed by atoms with Crippen LogP contribution in [-0.2, 0) is 10.0 Å². The van der Waals surface area contributed by atoms with E-state index >= 15 is 0 Å².